The minimum atomic E-state index is -4.97. The number of nitrogens with zero attached hydrogens (tertiary/aromatic N) is 4. The molecular weight excluding hydrogens is 473 g/mol. The van der Waals surface area contributed by atoms with Crippen LogP contribution >= 0.6 is 0 Å². The van der Waals surface area contributed by atoms with Crippen molar-refractivity contribution < 1.29 is 23.1 Å². The SMILES string of the molecule is CNc1ncnc2c1ccn2[C@@H]1C[C@H](CCc2ccc3ccc(NC(=O)C(F)(F)F)nc3c2)C[C@H]1O. The van der Waals surface area contributed by atoms with E-state index in [0.717, 1.165) is 47.1 Å². The Morgan fingerprint density at radius 3 is 2.75 bits per heavy atom. The molecule has 4 aromatic rings. The molecule has 1 aromatic carbocycles. The van der Waals surface area contributed by atoms with Gasteiger partial charge in [-0.3, -0.25) is 4.79 Å². The smallest absolute Gasteiger partial charge is 0.391 e. The van der Waals surface area contributed by atoms with Crippen molar-refractivity contribution in [3.8, 4) is 0 Å². The van der Waals surface area contributed by atoms with E-state index in [0.29, 0.717) is 17.9 Å². The molecule has 1 amide bonds. The van der Waals surface area contributed by atoms with Crippen LogP contribution in [0.15, 0.2) is 48.9 Å². The van der Waals surface area contributed by atoms with E-state index in [2.05, 4.69) is 20.3 Å². The van der Waals surface area contributed by atoms with Crippen LogP contribution in [0.2, 0.25) is 0 Å². The fourth-order valence-electron chi connectivity index (χ4n) is 5.01. The summed E-state index contributed by atoms with van der Waals surface area (Å²) in [6.45, 7) is 0. The number of hydrogen-bond donors (Lipinski definition) is 3. The number of aliphatic hydroxyl groups is 1. The van der Waals surface area contributed by atoms with Crippen LogP contribution in [0.5, 0.6) is 0 Å². The van der Waals surface area contributed by atoms with Gasteiger partial charge in [-0.05, 0) is 61.4 Å². The maximum absolute atomic E-state index is 12.5. The number of alkyl halides is 3. The van der Waals surface area contributed by atoms with Gasteiger partial charge in [0.2, 0.25) is 0 Å². The second-order valence-corrected chi connectivity index (χ2v) is 9.12. The standard InChI is InChI=1S/C25H25F3N6O2/c1-29-22-17-8-9-34(23(17)31-13-30-22)19-11-15(12-20(19)35)3-2-14-4-5-16-6-7-21(32-18(16)10-14)33-24(36)25(26,27)28/h4-10,13,15,19-20,35H,2-3,11-12H2,1H3,(H,29,30,31)(H,32,33,36)/t15-,19+,20+/m0/s1. The molecule has 0 saturated heterocycles. The molecule has 1 aliphatic rings. The van der Waals surface area contributed by atoms with E-state index >= 15 is 0 Å². The highest BCUT2D eigenvalue weighted by molar-refractivity contribution is 5.95. The number of pyridine rings is 1. The Kier molecular flexibility index (Phi) is 6.25. The Morgan fingerprint density at radius 2 is 1.97 bits per heavy atom. The van der Waals surface area contributed by atoms with Crippen molar-refractivity contribution in [3.05, 3.63) is 54.5 Å². The molecule has 3 atom stereocenters. The Hall–Kier alpha value is -3.73. The molecule has 3 aromatic heterocycles. The zero-order chi connectivity index (χ0) is 25.4. The molecule has 188 valence electrons. The molecule has 1 aliphatic carbocycles. The molecule has 0 bridgehead atoms. The number of anilines is 2. The van der Waals surface area contributed by atoms with Crippen LogP contribution in [-0.2, 0) is 11.2 Å². The first kappa shape index (κ1) is 24.0. The number of benzene rings is 1. The Labute approximate surface area is 204 Å². The number of fused-ring (bicyclic) bond motifs is 2. The van der Waals surface area contributed by atoms with Crippen LogP contribution in [0.25, 0.3) is 21.9 Å². The highest BCUT2D eigenvalue weighted by Crippen LogP contribution is 2.39. The van der Waals surface area contributed by atoms with Crippen molar-refractivity contribution in [2.45, 2.75) is 44.0 Å². The van der Waals surface area contributed by atoms with Crippen LogP contribution in [0, 0.1) is 5.92 Å². The number of nitrogens with one attached hydrogen (secondary N) is 2. The van der Waals surface area contributed by atoms with Crippen molar-refractivity contribution in [2.24, 2.45) is 5.92 Å². The van der Waals surface area contributed by atoms with Gasteiger partial charge in [-0.15, -0.1) is 0 Å². The summed E-state index contributed by atoms with van der Waals surface area (Å²) in [5, 5.41) is 17.3. The molecule has 0 spiro atoms. The number of amides is 1. The third kappa shape index (κ3) is 4.70. The fraction of sp³-hybridized carbons (Fsp3) is 0.360. The molecule has 0 radical (unpaired) electrons. The van der Waals surface area contributed by atoms with Crippen LogP contribution in [0.4, 0.5) is 24.8 Å². The van der Waals surface area contributed by atoms with Crippen molar-refractivity contribution in [1.82, 2.24) is 19.5 Å². The summed E-state index contributed by atoms with van der Waals surface area (Å²) in [5.41, 5.74) is 2.29. The molecule has 5 rings (SSSR count). The average molecular weight is 499 g/mol. The maximum Gasteiger partial charge on any atom is 0.471 e. The van der Waals surface area contributed by atoms with Gasteiger partial charge < -0.3 is 20.3 Å². The lowest BCUT2D eigenvalue weighted by Gasteiger charge is -2.17. The number of hydrogen-bond acceptors (Lipinski definition) is 6. The molecule has 1 fully saturated rings. The molecule has 1 saturated carbocycles. The zero-order valence-corrected chi connectivity index (χ0v) is 19.5. The Bertz CT molecular complexity index is 1420. The van der Waals surface area contributed by atoms with Gasteiger partial charge in [0.15, 0.2) is 0 Å². The first-order valence-corrected chi connectivity index (χ1v) is 11.7. The van der Waals surface area contributed by atoms with E-state index in [1.165, 1.54) is 12.4 Å². The van der Waals surface area contributed by atoms with Crippen LogP contribution < -0.4 is 10.6 Å². The van der Waals surface area contributed by atoms with Crippen LogP contribution in [0.3, 0.4) is 0 Å². The Balaban J connectivity index is 1.27. The summed E-state index contributed by atoms with van der Waals surface area (Å²) in [4.78, 5) is 24.1. The van der Waals surface area contributed by atoms with Gasteiger partial charge in [0, 0.05) is 18.6 Å². The highest BCUT2D eigenvalue weighted by atomic mass is 19.4. The highest BCUT2D eigenvalue weighted by Gasteiger charge is 2.39. The van der Waals surface area contributed by atoms with Crippen molar-refractivity contribution >= 4 is 39.5 Å². The number of aryl methyl sites for hydroxylation is 1. The fourth-order valence-corrected chi connectivity index (χ4v) is 5.01. The lowest BCUT2D eigenvalue weighted by molar-refractivity contribution is -0.167. The summed E-state index contributed by atoms with van der Waals surface area (Å²) >= 11 is 0. The topological polar surface area (TPSA) is 105 Å². The Morgan fingerprint density at radius 1 is 1.17 bits per heavy atom. The normalized spacial score (nSPS) is 20.2. The number of halogens is 3. The van der Waals surface area contributed by atoms with Gasteiger partial charge in [-0.2, -0.15) is 13.2 Å². The molecule has 11 heteroatoms. The molecule has 36 heavy (non-hydrogen) atoms. The summed E-state index contributed by atoms with van der Waals surface area (Å²) < 4.78 is 39.7. The predicted molar refractivity (Wildman–Crippen MR) is 130 cm³/mol. The third-order valence-corrected chi connectivity index (χ3v) is 6.79. The van der Waals surface area contributed by atoms with Gasteiger partial charge in [-0.1, -0.05) is 12.1 Å². The van der Waals surface area contributed by atoms with Gasteiger partial charge in [0.25, 0.3) is 0 Å². The van der Waals surface area contributed by atoms with Gasteiger partial charge in [-0.25, -0.2) is 15.0 Å². The van der Waals surface area contributed by atoms with Crippen molar-refractivity contribution in [2.75, 3.05) is 17.7 Å². The zero-order valence-electron chi connectivity index (χ0n) is 19.5. The van der Waals surface area contributed by atoms with E-state index in [1.807, 2.05) is 35.0 Å². The maximum atomic E-state index is 12.5. The number of rotatable bonds is 6. The van der Waals surface area contributed by atoms with E-state index in [1.54, 1.807) is 18.4 Å². The van der Waals surface area contributed by atoms with E-state index in [9.17, 15) is 23.1 Å². The lowest BCUT2D eigenvalue weighted by Crippen LogP contribution is -2.30. The molecular formula is C25H25F3N6O2. The van der Waals surface area contributed by atoms with Crippen molar-refractivity contribution in [1.29, 1.82) is 0 Å². The predicted octanol–water partition coefficient (Wildman–Crippen LogP) is 4.47. The first-order valence-electron chi connectivity index (χ1n) is 11.7. The van der Waals surface area contributed by atoms with Gasteiger partial charge in [0.1, 0.15) is 23.6 Å². The molecule has 8 nitrogen and oxygen atoms in total. The lowest BCUT2D eigenvalue weighted by atomic mass is 9.97. The molecule has 0 aliphatic heterocycles. The minimum absolute atomic E-state index is 0.0785. The number of aromatic nitrogens is 4. The van der Waals surface area contributed by atoms with Gasteiger partial charge in [0.05, 0.1) is 23.0 Å². The number of carbonyl (C=O) groups is 1. The molecule has 3 N–H and O–H groups in total. The number of carbonyl (C=O) groups excluding carboxylic acids is 1. The second-order valence-electron chi connectivity index (χ2n) is 9.12. The first-order chi connectivity index (χ1) is 17.2. The van der Waals surface area contributed by atoms with E-state index in [4.69, 9.17) is 0 Å². The van der Waals surface area contributed by atoms with Crippen LogP contribution in [-0.4, -0.2) is 49.9 Å². The minimum Gasteiger partial charge on any atom is -0.391 e. The molecule has 0 unspecified atom stereocenters. The van der Waals surface area contributed by atoms with E-state index < -0.39 is 18.2 Å². The van der Waals surface area contributed by atoms with E-state index in [-0.39, 0.29) is 11.9 Å². The number of aliphatic hydroxyl groups excluding tert-OH is 1. The summed E-state index contributed by atoms with van der Waals surface area (Å²) in [7, 11) is 1.81. The summed E-state index contributed by atoms with van der Waals surface area (Å²) in [5.74, 6) is -1.15. The second kappa shape index (κ2) is 9.38. The van der Waals surface area contributed by atoms with Gasteiger partial charge >= 0.3 is 12.1 Å². The largest absolute Gasteiger partial charge is 0.471 e. The average Bonchev–Trinajstić information content (AvgIpc) is 3.44. The third-order valence-electron chi connectivity index (χ3n) is 6.79. The van der Waals surface area contributed by atoms with Crippen molar-refractivity contribution in [3.63, 3.8) is 0 Å². The quantitative estimate of drug-likeness (QED) is 0.362. The monoisotopic (exact) mass is 498 g/mol. The molecule has 3 heterocycles. The summed E-state index contributed by atoms with van der Waals surface area (Å²) in [6.07, 6.45) is 1.06. The summed E-state index contributed by atoms with van der Waals surface area (Å²) in [6, 6.07) is 10.5. The van der Waals surface area contributed by atoms with Crippen LogP contribution in [0.1, 0.15) is 30.9 Å².